The highest BCUT2D eigenvalue weighted by molar-refractivity contribution is 7.97. The number of hydrogen-bond donors (Lipinski definition) is 0. The predicted molar refractivity (Wildman–Crippen MR) is 95.9 cm³/mol. The lowest BCUT2D eigenvalue weighted by Gasteiger charge is -2.34. The summed E-state index contributed by atoms with van der Waals surface area (Å²) in [5.41, 5.74) is 0. The van der Waals surface area contributed by atoms with Crippen molar-refractivity contribution in [3.8, 4) is 0 Å². The average molecular weight is 528 g/mol. The van der Waals surface area contributed by atoms with Gasteiger partial charge in [0.05, 0.1) is 12.8 Å². The molecule has 0 aromatic rings. The third-order valence-electron chi connectivity index (χ3n) is 4.19. The molecule has 0 spiro atoms. The van der Waals surface area contributed by atoms with Crippen LogP contribution in [-0.4, -0.2) is 65.1 Å². The van der Waals surface area contributed by atoms with Gasteiger partial charge >= 0.3 is 23.3 Å². The number of rotatable bonds is 9. The lowest BCUT2D eigenvalue weighted by Crippen LogP contribution is -2.63. The van der Waals surface area contributed by atoms with E-state index in [1.807, 2.05) is 0 Å². The molecule has 1 aliphatic heterocycles. The van der Waals surface area contributed by atoms with Crippen molar-refractivity contribution in [2.24, 2.45) is 0 Å². The largest absolute Gasteiger partial charge is 0.743 e. The molecule has 1 heterocycles. The minimum atomic E-state index is -7.43. The van der Waals surface area contributed by atoms with Gasteiger partial charge in [0.2, 0.25) is 0 Å². The van der Waals surface area contributed by atoms with Gasteiger partial charge in [-0.15, -0.1) is 0 Å². The molecule has 0 aromatic heterocycles. The summed E-state index contributed by atoms with van der Waals surface area (Å²) >= 11 is 0. The van der Waals surface area contributed by atoms with Gasteiger partial charge in [-0.05, 0) is 17.3 Å². The van der Waals surface area contributed by atoms with Crippen LogP contribution < -0.4 is 0 Å². The highest BCUT2D eigenvalue weighted by atomic mass is 32.2. The zero-order chi connectivity index (χ0) is 25.6. The molecule has 190 valence electrons. The van der Waals surface area contributed by atoms with E-state index in [-0.39, 0.29) is 10.9 Å². The molecular formula is C16H21F9O5S2. The fourth-order valence-electron chi connectivity index (χ4n) is 2.28. The maximum absolute atomic E-state index is 12.2. The molecule has 16 heteroatoms. The van der Waals surface area contributed by atoms with Crippen molar-refractivity contribution in [3.63, 3.8) is 0 Å². The fourth-order valence-corrected chi connectivity index (χ4v) is 4.84. The Balaban J connectivity index is 0.000000604. The molecule has 1 rings (SSSR count). The number of unbranched alkanes of at least 4 members (excludes halogenated alkanes) is 2. The lowest BCUT2D eigenvalue weighted by atomic mass is 10.1. The zero-order valence-electron chi connectivity index (χ0n) is 16.6. The van der Waals surface area contributed by atoms with Crippen LogP contribution in [0.3, 0.4) is 0 Å². The molecule has 5 nitrogen and oxygen atoms in total. The van der Waals surface area contributed by atoms with Crippen LogP contribution in [0.15, 0.2) is 0 Å². The van der Waals surface area contributed by atoms with E-state index in [2.05, 4.69) is 6.92 Å². The van der Waals surface area contributed by atoms with Crippen LogP contribution in [0.2, 0.25) is 0 Å². The molecule has 0 aromatic carbocycles. The third kappa shape index (κ3) is 7.78. The van der Waals surface area contributed by atoms with Crippen LogP contribution in [0.5, 0.6) is 0 Å². The molecule has 0 bridgehead atoms. The molecule has 32 heavy (non-hydrogen) atoms. The normalized spacial score (nSPS) is 17.0. The Morgan fingerprint density at radius 2 is 1.41 bits per heavy atom. The standard InChI is InChI=1S/C12H21O2S.C4HF9O3S/c1-2-3-4-5-12(14)10-15-8-6-11(13)7-9-15;5-1(6,3(9,10)11)2(7,8)4(12,13)17(14,15)16/h2-10H2,1H3;(H,14,15,16)/q+1;/p-1. The fraction of sp³-hybridized carbons (Fsp3) is 0.875. The van der Waals surface area contributed by atoms with E-state index in [1.165, 1.54) is 6.42 Å². The first-order chi connectivity index (χ1) is 14.2. The van der Waals surface area contributed by atoms with Crippen LogP contribution in [0.25, 0.3) is 0 Å². The van der Waals surface area contributed by atoms with Crippen LogP contribution in [0, 0.1) is 0 Å². The minimum Gasteiger partial charge on any atom is -0.743 e. The zero-order valence-corrected chi connectivity index (χ0v) is 18.3. The number of hydrogen-bond acceptors (Lipinski definition) is 5. The Morgan fingerprint density at radius 1 is 0.938 bits per heavy atom. The number of alkyl halides is 9. The smallest absolute Gasteiger partial charge is 0.460 e. The number of halogens is 9. The van der Waals surface area contributed by atoms with Crippen molar-refractivity contribution in [2.75, 3.05) is 17.3 Å². The van der Waals surface area contributed by atoms with Crippen LogP contribution >= 0.6 is 0 Å². The number of carbonyl (C=O) groups excluding carboxylic acids is 2. The number of ketones is 2. The number of carbonyl (C=O) groups is 2. The molecule has 0 atom stereocenters. The van der Waals surface area contributed by atoms with Crippen molar-refractivity contribution in [1.82, 2.24) is 0 Å². The van der Waals surface area contributed by atoms with Gasteiger partial charge in [-0.2, -0.15) is 39.5 Å². The van der Waals surface area contributed by atoms with Crippen molar-refractivity contribution in [2.45, 2.75) is 68.7 Å². The lowest BCUT2D eigenvalue weighted by molar-refractivity contribution is -0.382. The molecule has 0 amide bonds. The molecule has 1 aliphatic rings. The highest BCUT2D eigenvalue weighted by Crippen LogP contribution is 2.54. The molecule has 1 saturated heterocycles. The van der Waals surface area contributed by atoms with Crippen LogP contribution in [0.1, 0.15) is 45.4 Å². The van der Waals surface area contributed by atoms with E-state index in [9.17, 15) is 62.1 Å². The molecule has 0 radical (unpaired) electrons. The Labute approximate surface area is 181 Å². The summed E-state index contributed by atoms with van der Waals surface area (Å²) in [7, 11) is -7.19. The van der Waals surface area contributed by atoms with E-state index in [1.54, 1.807) is 0 Å². The summed E-state index contributed by atoms with van der Waals surface area (Å²) in [4.78, 5) is 22.6. The number of Topliss-reactive ketones (excluding diaryl/α,β-unsaturated/α-hetero) is 2. The summed E-state index contributed by atoms with van der Waals surface area (Å²) < 4.78 is 135. The highest BCUT2D eigenvalue weighted by Gasteiger charge is 2.83. The monoisotopic (exact) mass is 528 g/mol. The van der Waals surface area contributed by atoms with Crippen molar-refractivity contribution in [1.29, 1.82) is 0 Å². The van der Waals surface area contributed by atoms with E-state index >= 15 is 0 Å². The first-order valence-electron chi connectivity index (χ1n) is 9.05. The Bertz CT molecular complexity index is 741. The third-order valence-corrected chi connectivity index (χ3v) is 7.37. The Hall–Kier alpha value is -1.03. The van der Waals surface area contributed by atoms with Gasteiger partial charge in [-0.1, -0.05) is 19.8 Å². The predicted octanol–water partition coefficient (Wildman–Crippen LogP) is 4.07. The quantitative estimate of drug-likeness (QED) is 0.195. The van der Waals surface area contributed by atoms with Gasteiger partial charge in [0, 0.05) is 6.42 Å². The Morgan fingerprint density at radius 3 is 1.78 bits per heavy atom. The first-order valence-corrected chi connectivity index (χ1v) is 12.2. The molecule has 0 unspecified atom stereocenters. The van der Waals surface area contributed by atoms with E-state index in [4.69, 9.17) is 0 Å². The van der Waals surface area contributed by atoms with Crippen LogP contribution in [-0.2, 0) is 30.6 Å². The second-order valence-corrected chi connectivity index (χ2v) is 10.6. The van der Waals surface area contributed by atoms with Crippen LogP contribution in [0.4, 0.5) is 39.5 Å². The minimum absolute atomic E-state index is 0.229. The molecular weight excluding hydrogens is 507 g/mol. The van der Waals surface area contributed by atoms with Crippen molar-refractivity contribution >= 4 is 32.6 Å². The summed E-state index contributed by atoms with van der Waals surface area (Å²) in [6, 6.07) is 0. The second-order valence-electron chi connectivity index (χ2n) is 6.82. The maximum atomic E-state index is 12.2. The topological polar surface area (TPSA) is 91.3 Å². The van der Waals surface area contributed by atoms with E-state index < -0.39 is 33.4 Å². The van der Waals surface area contributed by atoms with E-state index in [0.717, 1.165) is 36.5 Å². The first kappa shape index (κ1) is 31.0. The van der Waals surface area contributed by atoms with Gasteiger partial charge in [0.1, 0.15) is 17.3 Å². The summed E-state index contributed by atoms with van der Waals surface area (Å²) in [5.74, 6) is -11.3. The van der Waals surface area contributed by atoms with Gasteiger partial charge < -0.3 is 4.55 Å². The summed E-state index contributed by atoms with van der Waals surface area (Å²) in [5, 5.41) is -7.11. The summed E-state index contributed by atoms with van der Waals surface area (Å²) in [6.45, 7) is 2.15. The van der Waals surface area contributed by atoms with Gasteiger partial charge in [-0.25, -0.2) is 8.42 Å². The molecule has 0 aliphatic carbocycles. The Kier molecular flexibility index (Phi) is 11.0. The average Bonchev–Trinajstić information content (AvgIpc) is 2.62. The van der Waals surface area contributed by atoms with Gasteiger partial charge in [0.25, 0.3) is 0 Å². The van der Waals surface area contributed by atoms with E-state index in [0.29, 0.717) is 24.4 Å². The van der Waals surface area contributed by atoms with Gasteiger partial charge in [-0.3, -0.25) is 9.59 Å². The van der Waals surface area contributed by atoms with Gasteiger partial charge in [0.15, 0.2) is 21.7 Å². The molecule has 1 fully saturated rings. The van der Waals surface area contributed by atoms with Crippen molar-refractivity contribution in [3.05, 3.63) is 0 Å². The molecule has 0 N–H and O–H groups in total. The second kappa shape index (κ2) is 11.4. The molecule has 0 saturated carbocycles. The maximum Gasteiger partial charge on any atom is 0.460 e. The SMILES string of the molecule is CCCCCC(=O)C[S+]1CCC(=O)CC1.O=S(=O)([O-])C(F)(F)C(F)(F)C(F)(F)C(F)(F)F. The summed E-state index contributed by atoms with van der Waals surface area (Å²) in [6.07, 6.45) is -1.59. The van der Waals surface area contributed by atoms with Crippen molar-refractivity contribution < 1.29 is 62.1 Å².